The number of hydrogen-bond donors (Lipinski definition) is 1. The van der Waals surface area contributed by atoms with Gasteiger partial charge in [-0.1, -0.05) is 30.0 Å². The van der Waals surface area contributed by atoms with Gasteiger partial charge in [0.2, 0.25) is 11.0 Å². The van der Waals surface area contributed by atoms with Crippen LogP contribution in [0.1, 0.15) is 18.4 Å². The smallest absolute Gasteiger partial charge is 0.239 e. The number of carbonyl (C=O) groups is 1. The average Bonchev–Trinajstić information content (AvgIpc) is 2.95. The first kappa shape index (κ1) is 14.0. The van der Waals surface area contributed by atoms with Crippen LogP contribution in [0.15, 0.2) is 17.6 Å². The number of rotatable bonds is 5. The summed E-state index contributed by atoms with van der Waals surface area (Å²) in [5.41, 5.74) is 0. The van der Waals surface area contributed by atoms with Gasteiger partial charge in [-0.2, -0.15) is 0 Å². The molecule has 2 aromatic rings. The molecule has 0 fully saturated rings. The molecule has 0 unspecified atom stereocenters. The molecule has 0 saturated carbocycles. The van der Waals surface area contributed by atoms with Gasteiger partial charge in [0, 0.05) is 19.4 Å². The third kappa shape index (κ3) is 3.54. The molecule has 1 N–H and O–H groups in total. The number of thioether (sulfide) groups is 1. The van der Waals surface area contributed by atoms with Gasteiger partial charge in [-0.25, -0.2) is 4.98 Å². The second-order valence-electron chi connectivity index (χ2n) is 3.95. The van der Waals surface area contributed by atoms with Crippen molar-refractivity contribution >= 4 is 34.1 Å². The average molecular weight is 297 g/mol. The Hall–Kier alpha value is -1.41. The number of aryl methyl sites for hydroxylation is 2. The molecule has 0 spiro atoms. The highest BCUT2D eigenvalue weighted by Crippen LogP contribution is 2.25. The van der Waals surface area contributed by atoms with Gasteiger partial charge in [0.25, 0.3) is 0 Å². The highest BCUT2D eigenvalue weighted by molar-refractivity contribution is 8.00. The quantitative estimate of drug-likeness (QED) is 0.856. The maximum absolute atomic E-state index is 12.2. The van der Waals surface area contributed by atoms with Crippen LogP contribution in [0.2, 0.25) is 0 Å². The molecule has 102 valence electrons. The standard InChI is InChI=1S/C11H15N5OS2/c1-4-8(19-11-12-5-6-16(11)3)9(17)13-10-15-14-7(2)18-10/h5-6,8H,4H2,1-3H3,(H,13,15,17)/t8-/m0/s1. The van der Waals surface area contributed by atoms with Gasteiger partial charge < -0.3 is 4.57 Å². The molecule has 2 aromatic heterocycles. The van der Waals surface area contributed by atoms with Crippen LogP contribution in [-0.2, 0) is 11.8 Å². The second-order valence-corrected chi connectivity index (χ2v) is 6.30. The molecular weight excluding hydrogens is 282 g/mol. The van der Waals surface area contributed by atoms with Crippen LogP contribution in [0.4, 0.5) is 5.13 Å². The Bertz CT molecular complexity index is 565. The minimum atomic E-state index is -0.190. The van der Waals surface area contributed by atoms with Crippen molar-refractivity contribution < 1.29 is 4.79 Å². The van der Waals surface area contributed by atoms with E-state index in [2.05, 4.69) is 20.5 Å². The molecule has 2 heterocycles. The highest BCUT2D eigenvalue weighted by atomic mass is 32.2. The second kappa shape index (κ2) is 6.16. The van der Waals surface area contributed by atoms with Crippen LogP contribution in [0.3, 0.4) is 0 Å². The molecule has 0 radical (unpaired) electrons. The lowest BCUT2D eigenvalue weighted by Gasteiger charge is -2.12. The number of imidazole rings is 1. The predicted octanol–water partition coefficient (Wildman–Crippen LogP) is 2.09. The molecule has 0 aliphatic heterocycles. The van der Waals surface area contributed by atoms with Crippen LogP contribution < -0.4 is 5.32 Å². The molecule has 2 rings (SSSR count). The lowest BCUT2D eigenvalue weighted by Crippen LogP contribution is -2.24. The molecule has 0 aliphatic rings. The van der Waals surface area contributed by atoms with Gasteiger partial charge in [-0.05, 0) is 13.3 Å². The van der Waals surface area contributed by atoms with Crippen molar-refractivity contribution in [3.8, 4) is 0 Å². The zero-order valence-corrected chi connectivity index (χ0v) is 12.6. The summed E-state index contributed by atoms with van der Waals surface area (Å²) in [5.74, 6) is -0.0633. The van der Waals surface area contributed by atoms with E-state index in [0.29, 0.717) is 5.13 Å². The van der Waals surface area contributed by atoms with Crippen LogP contribution >= 0.6 is 23.1 Å². The number of nitrogens with one attached hydrogen (secondary N) is 1. The van der Waals surface area contributed by atoms with Crippen molar-refractivity contribution in [2.24, 2.45) is 7.05 Å². The maximum atomic E-state index is 12.2. The van der Waals surface area contributed by atoms with Gasteiger partial charge in [0.1, 0.15) is 5.01 Å². The van der Waals surface area contributed by atoms with Crippen molar-refractivity contribution in [2.75, 3.05) is 5.32 Å². The van der Waals surface area contributed by atoms with Gasteiger partial charge >= 0.3 is 0 Å². The Labute approximate surface area is 119 Å². The summed E-state index contributed by atoms with van der Waals surface area (Å²) in [7, 11) is 1.91. The minimum Gasteiger partial charge on any atom is -0.329 e. The monoisotopic (exact) mass is 297 g/mol. The summed E-state index contributed by atoms with van der Waals surface area (Å²) in [6.45, 7) is 3.83. The number of amides is 1. The molecule has 6 nitrogen and oxygen atoms in total. The Balaban J connectivity index is 2.01. The van der Waals surface area contributed by atoms with E-state index in [9.17, 15) is 4.79 Å². The van der Waals surface area contributed by atoms with Crippen molar-refractivity contribution in [3.05, 3.63) is 17.4 Å². The van der Waals surface area contributed by atoms with E-state index < -0.39 is 0 Å². The molecule has 0 saturated heterocycles. The first-order valence-electron chi connectivity index (χ1n) is 5.85. The third-order valence-electron chi connectivity index (χ3n) is 2.44. The fourth-order valence-electron chi connectivity index (χ4n) is 1.45. The third-order valence-corrected chi connectivity index (χ3v) is 4.63. The summed E-state index contributed by atoms with van der Waals surface area (Å²) in [4.78, 5) is 16.4. The zero-order valence-electron chi connectivity index (χ0n) is 11.0. The zero-order chi connectivity index (χ0) is 13.8. The number of hydrogen-bond acceptors (Lipinski definition) is 6. The fraction of sp³-hybridized carbons (Fsp3) is 0.455. The lowest BCUT2D eigenvalue weighted by atomic mass is 10.3. The predicted molar refractivity (Wildman–Crippen MR) is 76.4 cm³/mol. The van der Waals surface area contributed by atoms with E-state index in [-0.39, 0.29) is 11.2 Å². The number of nitrogens with zero attached hydrogens (tertiary/aromatic N) is 4. The van der Waals surface area contributed by atoms with Crippen LogP contribution in [-0.4, -0.2) is 30.9 Å². The maximum Gasteiger partial charge on any atom is 0.239 e. The summed E-state index contributed by atoms with van der Waals surface area (Å²) in [5, 5.41) is 12.6. The topological polar surface area (TPSA) is 72.7 Å². The van der Waals surface area contributed by atoms with Crippen molar-refractivity contribution in [1.29, 1.82) is 0 Å². The van der Waals surface area contributed by atoms with Gasteiger partial charge in [0.15, 0.2) is 5.16 Å². The Kier molecular flexibility index (Phi) is 4.54. The molecule has 0 aromatic carbocycles. The highest BCUT2D eigenvalue weighted by Gasteiger charge is 2.21. The summed E-state index contributed by atoms with van der Waals surface area (Å²) < 4.78 is 1.90. The van der Waals surface area contributed by atoms with Crippen LogP contribution in [0, 0.1) is 6.92 Å². The van der Waals surface area contributed by atoms with Crippen molar-refractivity contribution in [2.45, 2.75) is 30.7 Å². The number of anilines is 1. The lowest BCUT2D eigenvalue weighted by molar-refractivity contribution is -0.115. The molecule has 1 atom stereocenters. The van der Waals surface area contributed by atoms with E-state index in [1.54, 1.807) is 6.20 Å². The summed E-state index contributed by atoms with van der Waals surface area (Å²) >= 11 is 2.82. The molecule has 0 aliphatic carbocycles. The minimum absolute atomic E-state index is 0.0633. The van der Waals surface area contributed by atoms with E-state index in [1.165, 1.54) is 23.1 Å². The molecule has 19 heavy (non-hydrogen) atoms. The first-order valence-corrected chi connectivity index (χ1v) is 7.54. The summed E-state index contributed by atoms with van der Waals surface area (Å²) in [6.07, 6.45) is 4.31. The summed E-state index contributed by atoms with van der Waals surface area (Å²) in [6, 6.07) is 0. The van der Waals surface area contributed by atoms with Crippen LogP contribution in [0.25, 0.3) is 0 Å². The van der Waals surface area contributed by atoms with Gasteiger partial charge in [-0.15, -0.1) is 10.2 Å². The van der Waals surface area contributed by atoms with E-state index in [0.717, 1.165) is 16.6 Å². The van der Waals surface area contributed by atoms with Crippen molar-refractivity contribution in [1.82, 2.24) is 19.7 Å². The Morgan fingerprint density at radius 2 is 2.37 bits per heavy atom. The van der Waals surface area contributed by atoms with E-state index in [4.69, 9.17) is 0 Å². The first-order chi connectivity index (χ1) is 9.10. The molecule has 1 amide bonds. The number of carbonyl (C=O) groups excluding carboxylic acids is 1. The number of aromatic nitrogens is 4. The largest absolute Gasteiger partial charge is 0.329 e. The van der Waals surface area contributed by atoms with E-state index in [1.807, 2.05) is 31.7 Å². The Morgan fingerprint density at radius 1 is 1.58 bits per heavy atom. The van der Waals surface area contributed by atoms with Gasteiger partial charge in [0.05, 0.1) is 5.25 Å². The van der Waals surface area contributed by atoms with E-state index >= 15 is 0 Å². The SMILES string of the molecule is CC[C@H](Sc1nccn1C)C(=O)Nc1nnc(C)s1. The Morgan fingerprint density at radius 3 is 2.89 bits per heavy atom. The van der Waals surface area contributed by atoms with Crippen LogP contribution in [0.5, 0.6) is 0 Å². The molecule has 8 heteroatoms. The van der Waals surface area contributed by atoms with Gasteiger partial charge in [-0.3, -0.25) is 10.1 Å². The normalized spacial score (nSPS) is 12.4. The van der Waals surface area contributed by atoms with Crippen molar-refractivity contribution in [3.63, 3.8) is 0 Å². The molecular formula is C11H15N5OS2. The molecule has 0 bridgehead atoms. The fourth-order valence-corrected chi connectivity index (χ4v) is 2.98.